The fourth-order valence-electron chi connectivity index (χ4n) is 1.00. The lowest BCUT2D eigenvalue weighted by atomic mass is 10.3. The van der Waals surface area contributed by atoms with E-state index >= 15 is 0 Å². The summed E-state index contributed by atoms with van der Waals surface area (Å²) >= 11 is 0. The Morgan fingerprint density at radius 3 is 1.67 bits per heavy atom. The average Bonchev–Trinajstić information content (AvgIpc) is 2.16. The Labute approximate surface area is 84.4 Å². The molecule has 0 aliphatic rings. The molecule has 0 unspecified atom stereocenters. The molecule has 1 rings (SSSR count). The fraction of sp³-hybridized carbons (Fsp3) is 0. The van der Waals surface area contributed by atoms with Crippen molar-refractivity contribution < 1.29 is 18.3 Å². The van der Waals surface area contributed by atoms with E-state index in [0.717, 1.165) is 18.2 Å². The van der Waals surface area contributed by atoms with Crippen LogP contribution in [0.15, 0.2) is 23.1 Å². The molecular formula is C6H4N2O6S. The number of nitro groups is 2. The van der Waals surface area contributed by atoms with Gasteiger partial charge in [-0.05, 0) is 6.07 Å². The van der Waals surface area contributed by atoms with Gasteiger partial charge in [-0.15, -0.1) is 0 Å². The zero-order chi connectivity index (χ0) is 11.6. The van der Waals surface area contributed by atoms with Crippen LogP contribution in [0.25, 0.3) is 0 Å². The molecule has 0 radical (unpaired) electrons. The molecule has 0 saturated carbocycles. The highest BCUT2D eigenvalue weighted by molar-refractivity contribution is 7.72. The highest BCUT2D eigenvalue weighted by Gasteiger charge is 2.26. The van der Waals surface area contributed by atoms with Crippen LogP contribution in [0.2, 0.25) is 0 Å². The van der Waals surface area contributed by atoms with Crippen molar-refractivity contribution in [1.82, 2.24) is 0 Å². The smallest absolute Gasteiger partial charge is 0.258 e. The molecule has 80 valence electrons. The maximum atomic E-state index is 10.7. The minimum absolute atomic E-state index is 0.791. The van der Waals surface area contributed by atoms with Crippen LogP contribution in [0.1, 0.15) is 0 Å². The summed E-state index contributed by atoms with van der Waals surface area (Å²) in [5.74, 6) is 0. The summed E-state index contributed by atoms with van der Waals surface area (Å²) < 4.78 is 21.4. The molecule has 0 spiro atoms. The quantitative estimate of drug-likeness (QED) is 0.459. The van der Waals surface area contributed by atoms with Gasteiger partial charge in [0.1, 0.15) is 0 Å². The molecule has 0 aliphatic heterocycles. The highest BCUT2D eigenvalue weighted by atomic mass is 32.2. The zero-order valence-corrected chi connectivity index (χ0v) is 7.92. The molecule has 0 atom stereocenters. The number of nitrogens with zero attached hydrogens (tertiary/aromatic N) is 2. The first-order valence-electron chi connectivity index (χ1n) is 3.51. The lowest BCUT2D eigenvalue weighted by Gasteiger charge is -1.96. The molecule has 1 aromatic rings. The largest absolute Gasteiger partial charge is 0.294 e. The Morgan fingerprint density at radius 2 is 1.40 bits per heavy atom. The van der Waals surface area contributed by atoms with Crippen molar-refractivity contribution in [2.45, 2.75) is 4.90 Å². The van der Waals surface area contributed by atoms with Gasteiger partial charge >= 0.3 is 0 Å². The van der Waals surface area contributed by atoms with Crippen molar-refractivity contribution in [1.29, 1.82) is 0 Å². The van der Waals surface area contributed by atoms with Crippen molar-refractivity contribution in [3.8, 4) is 0 Å². The summed E-state index contributed by atoms with van der Waals surface area (Å²) in [6, 6.07) is 2.85. The molecule has 0 aromatic heterocycles. The van der Waals surface area contributed by atoms with E-state index in [-0.39, 0.29) is 0 Å². The van der Waals surface area contributed by atoms with Gasteiger partial charge in [0.05, 0.1) is 9.85 Å². The molecule has 0 N–H and O–H groups in total. The Bertz CT molecular complexity index is 468. The normalized spacial score (nSPS) is 10.2. The van der Waals surface area contributed by atoms with E-state index in [0.29, 0.717) is 0 Å². The van der Waals surface area contributed by atoms with Gasteiger partial charge in [0.2, 0.25) is 4.90 Å². The molecule has 15 heavy (non-hydrogen) atoms. The monoisotopic (exact) mass is 232 g/mol. The van der Waals surface area contributed by atoms with Gasteiger partial charge < -0.3 is 0 Å². The van der Waals surface area contributed by atoms with Gasteiger partial charge in [-0.25, -0.2) is 8.42 Å². The van der Waals surface area contributed by atoms with Gasteiger partial charge in [0.15, 0.2) is 10.7 Å². The van der Waals surface area contributed by atoms with Crippen molar-refractivity contribution >= 4 is 22.1 Å². The van der Waals surface area contributed by atoms with Gasteiger partial charge in [-0.3, -0.25) is 20.2 Å². The van der Waals surface area contributed by atoms with Crippen LogP contribution >= 0.6 is 0 Å². The van der Waals surface area contributed by atoms with Crippen molar-refractivity contribution in [3.05, 3.63) is 38.4 Å². The van der Waals surface area contributed by atoms with Crippen LogP contribution in [-0.2, 0) is 10.7 Å². The zero-order valence-electron chi connectivity index (χ0n) is 7.02. The minimum Gasteiger partial charge on any atom is -0.258 e. The summed E-state index contributed by atoms with van der Waals surface area (Å²) in [4.78, 5) is 18.0. The third-order valence-electron chi connectivity index (χ3n) is 1.57. The van der Waals surface area contributed by atoms with Gasteiger partial charge in [-0.1, -0.05) is 0 Å². The van der Waals surface area contributed by atoms with Crippen molar-refractivity contribution in [2.24, 2.45) is 0 Å². The number of nitro benzene ring substituents is 2. The summed E-state index contributed by atoms with van der Waals surface area (Å²) in [5.41, 5.74) is -1.58. The first kappa shape index (κ1) is 11.0. The Kier molecular flexibility index (Phi) is 2.95. The van der Waals surface area contributed by atoms with E-state index in [4.69, 9.17) is 0 Å². The molecule has 0 aliphatic carbocycles. The molecular weight excluding hydrogens is 228 g/mol. The Morgan fingerprint density at radius 1 is 1.00 bits per heavy atom. The lowest BCUT2D eigenvalue weighted by Crippen LogP contribution is -1.99. The number of hydrogen-bond acceptors (Lipinski definition) is 6. The summed E-state index contributed by atoms with van der Waals surface area (Å²) in [6.45, 7) is 0. The second-order valence-corrected chi connectivity index (χ2v) is 3.38. The van der Waals surface area contributed by atoms with E-state index in [1.165, 1.54) is 0 Å². The first-order chi connectivity index (χ1) is 6.95. The molecule has 0 saturated heterocycles. The Hall–Kier alpha value is -2.03. The number of benzene rings is 1. The molecule has 0 bridgehead atoms. The Balaban J connectivity index is 3.63. The van der Waals surface area contributed by atoms with Crippen LogP contribution in [-0.4, -0.2) is 18.3 Å². The van der Waals surface area contributed by atoms with Gasteiger partial charge in [0, 0.05) is 12.1 Å². The van der Waals surface area contributed by atoms with Gasteiger partial charge in [0.25, 0.3) is 11.4 Å². The summed E-state index contributed by atoms with van der Waals surface area (Å²) in [7, 11) is -3.39. The third kappa shape index (κ3) is 2.07. The minimum atomic E-state index is -3.39. The fourth-order valence-corrected chi connectivity index (χ4v) is 1.69. The van der Waals surface area contributed by atoms with Crippen LogP contribution < -0.4 is 0 Å². The van der Waals surface area contributed by atoms with E-state index in [2.05, 4.69) is 0 Å². The predicted octanol–water partition coefficient (Wildman–Crippen LogP) is 0.473. The van der Waals surface area contributed by atoms with Crippen LogP contribution in [0.3, 0.4) is 0 Å². The number of hydrogen-bond donors (Lipinski definition) is 1. The molecule has 1 aromatic carbocycles. The standard InChI is InChI=1S/C6H4N2O6S/c9-7(10)4-2-1-3-5(8(11)12)6(4)15(13)14/h1-3,15H. The van der Waals surface area contributed by atoms with E-state index in [1.54, 1.807) is 0 Å². The first-order valence-corrected chi connectivity index (χ1v) is 4.69. The topological polar surface area (TPSA) is 120 Å². The molecule has 0 amide bonds. The van der Waals surface area contributed by atoms with E-state index < -0.39 is 36.8 Å². The van der Waals surface area contributed by atoms with Crippen molar-refractivity contribution in [3.63, 3.8) is 0 Å². The van der Waals surface area contributed by atoms with E-state index in [9.17, 15) is 28.6 Å². The summed E-state index contributed by atoms with van der Waals surface area (Å²) in [6.07, 6.45) is 0. The predicted molar refractivity (Wildman–Crippen MR) is 48.3 cm³/mol. The maximum Gasteiger partial charge on any atom is 0.294 e. The molecule has 0 fully saturated rings. The second kappa shape index (κ2) is 4.00. The van der Waals surface area contributed by atoms with Crippen LogP contribution in [0.4, 0.5) is 11.4 Å². The van der Waals surface area contributed by atoms with Crippen molar-refractivity contribution in [2.75, 3.05) is 0 Å². The van der Waals surface area contributed by atoms with Crippen LogP contribution in [0, 0.1) is 20.2 Å². The third-order valence-corrected chi connectivity index (χ3v) is 2.39. The maximum absolute atomic E-state index is 10.7. The van der Waals surface area contributed by atoms with E-state index in [1.807, 2.05) is 0 Å². The SMILES string of the molecule is O=[N+]([O-])c1cccc([N+](=O)[O-])c1[SH](=O)=O. The number of rotatable bonds is 3. The lowest BCUT2D eigenvalue weighted by molar-refractivity contribution is -0.399. The second-order valence-electron chi connectivity index (χ2n) is 2.42. The molecule has 0 heterocycles. The molecule has 9 heteroatoms. The number of thiol groups is 1. The van der Waals surface area contributed by atoms with Gasteiger partial charge in [-0.2, -0.15) is 0 Å². The average molecular weight is 232 g/mol. The molecule has 8 nitrogen and oxygen atoms in total. The van der Waals surface area contributed by atoms with Crippen LogP contribution in [0.5, 0.6) is 0 Å². The summed E-state index contributed by atoms with van der Waals surface area (Å²) in [5, 5.41) is 20.8. The highest BCUT2D eigenvalue weighted by Crippen LogP contribution is 2.28.